The molecule has 0 aromatic carbocycles. The Balaban J connectivity index is 1.78. The maximum absolute atomic E-state index is 5.55. The molecule has 0 bridgehead atoms. The van der Waals surface area contributed by atoms with Crippen molar-refractivity contribution in [3.63, 3.8) is 0 Å². The third-order valence-electron chi connectivity index (χ3n) is 2.06. The molecule has 1 aromatic rings. The summed E-state index contributed by atoms with van der Waals surface area (Å²) in [6.07, 6.45) is 1.21. The molecule has 1 N–H and O–H groups in total. The van der Waals surface area contributed by atoms with Crippen LogP contribution >= 0.6 is 27.3 Å². The number of nitrogens with zero attached hydrogens (tertiary/aromatic N) is 1. The van der Waals surface area contributed by atoms with E-state index in [1.807, 2.05) is 5.38 Å². The highest BCUT2D eigenvalue weighted by Gasteiger charge is 2.15. The van der Waals surface area contributed by atoms with Crippen LogP contribution in [0.3, 0.4) is 0 Å². The number of aromatic nitrogens is 1. The van der Waals surface area contributed by atoms with E-state index in [0.29, 0.717) is 5.92 Å². The molecule has 1 fully saturated rings. The molecule has 72 valence electrons. The molecule has 1 aromatic heterocycles. The lowest BCUT2D eigenvalue weighted by Crippen LogP contribution is -2.15. The summed E-state index contributed by atoms with van der Waals surface area (Å²) in [4.78, 5) is 4.16. The SMILES string of the molecule is Brc1csc(OCC2CCNC2)n1. The van der Waals surface area contributed by atoms with Crippen LogP contribution in [0.4, 0.5) is 0 Å². The second-order valence-electron chi connectivity index (χ2n) is 3.11. The molecule has 1 atom stereocenters. The number of halogens is 1. The standard InChI is InChI=1S/C8H11BrN2OS/c9-7-5-13-8(11-7)12-4-6-1-2-10-3-6/h5-6,10H,1-4H2. The summed E-state index contributed by atoms with van der Waals surface area (Å²) in [5.74, 6) is 0.655. The fraction of sp³-hybridized carbons (Fsp3) is 0.625. The second kappa shape index (κ2) is 4.39. The number of ether oxygens (including phenoxy) is 1. The van der Waals surface area contributed by atoms with Gasteiger partial charge in [-0.1, -0.05) is 11.3 Å². The number of hydrogen-bond acceptors (Lipinski definition) is 4. The van der Waals surface area contributed by atoms with Crippen LogP contribution in [0.25, 0.3) is 0 Å². The first-order valence-corrected chi connectivity index (χ1v) is 5.96. The Morgan fingerprint density at radius 2 is 2.69 bits per heavy atom. The van der Waals surface area contributed by atoms with E-state index in [1.54, 1.807) is 0 Å². The van der Waals surface area contributed by atoms with Crippen LogP contribution < -0.4 is 10.1 Å². The lowest BCUT2D eigenvalue weighted by Gasteiger charge is -2.07. The van der Waals surface area contributed by atoms with Crippen molar-refractivity contribution in [2.45, 2.75) is 6.42 Å². The van der Waals surface area contributed by atoms with Gasteiger partial charge < -0.3 is 10.1 Å². The molecule has 3 nitrogen and oxygen atoms in total. The van der Waals surface area contributed by atoms with E-state index in [0.717, 1.165) is 29.5 Å². The fourth-order valence-corrected chi connectivity index (χ4v) is 2.45. The highest BCUT2D eigenvalue weighted by molar-refractivity contribution is 9.10. The molecule has 13 heavy (non-hydrogen) atoms. The van der Waals surface area contributed by atoms with Gasteiger partial charge in [0.1, 0.15) is 4.60 Å². The van der Waals surface area contributed by atoms with E-state index < -0.39 is 0 Å². The molecule has 1 saturated heterocycles. The van der Waals surface area contributed by atoms with Gasteiger partial charge in [0.05, 0.1) is 6.61 Å². The van der Waals surface area contributed by atoms with Crippen molar-refractivity contribution in [3.8, 4) is 5.19 Å². The first-order chi connectivity index (χ1) is 6.34. The zero-order chi connectivity index (χ0) is 9.10. The normalized spacial score (nSPS) is 22.1. The van der Waals surface area contributed by atoms with Crippen LogP contribution in [0.15, 0.2) is 9.98 Å². The highest BCUT2D eigenvalue weighted by Crippen LogP contribution is 2.22. The summed E-state index contributed by atoms with van der Waals surface area (Å²) >= 11 is 4.82. The Morgan fingerprint density at radius 3 is 3.31 bits per heavy atom. The first kappa shape index (κ1) is 9.43. The van der Waals surface area contributed by atoms with Crippen LogP contribution in [0.1, 0.15) is 6.42 Å². The van der Waals surface area contributed by atoms with Gasteiger partial charge in [0.15, 0.2) is 0 Å². The summed E-state index contributed by atoms with van der Waals surface area (Å²) in [6.45, 7) is 2.98. The molecule has 1 aliphatic rings. The van der Waals surface area contributed by atoms with Crippen LogP contribution in [0.5, 0.6) is 5.19 Å². The predicted molar refractivity (Wildman–Crippen MR) is 56.3 cm³/mol. The van der Waals surface area contributed by atoms with Gasteiger partial charge in [-0.15, -0.1) is 0 Å². The summed E-state index contributed by atoms with van der Waals surface area (Å²) in [5, 5.41) is 6.00. The summed E-state index contributed by atoms with van der Waals surface area (Å²) in [7, 11) is 0. The van der Waals surface area contributed by atoms with E-state index in [4.69, 9.17) is 4.74 Å². The number of rotatable bonds is 3. The molecule has 0 spiro atoms. The van der Waals surface area contributed by atoms with Gasteiger partial charge in [0.2, 0.25) is 0 Å². The van der Waals surface area contributed by atoms with Crippen LogP contribution in [0.2, 0.25) is 0 Å². The van der Waals surface area contributed by atoms with Crippen molar-refractivity contribution in [3.05, 3.63) is 9.98 Å². The number of hydrogen-bond donors (Lipinski definition) is 1. The summed E-state index contributed by atoms with van der Waals surface area (Å²) in [6, 6.07) is 0. The zero-order valence-electron chi connectivity index (χ0n) is 7.12. The molecule has 1 unspecified atom stereocenters. The predicted octanol–water partition coefficient (Wildman–Crippen LogP) is 1.89. The van der Waals surface area contributed by atoms with E-state index in [-0.39, 0.29) is 0 Å². The summed E-state index contributed by atoms with van der Waals surface area (Å²) < 4.78 is 6.41. The molecule has 2 heterocycles. The van der Waals surface area contributed by atoms with Gasteiger partial charge >= 0.3 is 0 Å². The minimum atomic E-state index is 0.655. The molecule has 0 radical (unpaired) electrons. The molecule has 0 saturated carbocycles. The quantitative estimate of drug-likeness (QED) is 0.904. The van der Waals surface area contributed by atoms with Gasteiger partial charge in [-0.2, -0.15) is 4.98 Å². The average Bonchev–Trinajstić information content (AvgIpc) is 2.71. The van der Waals surface area contributed by atoms with Crippen LogP contribution in [-0.2, 0) is 0 Å². The van der Waals surface area contributed by atoms with Crippen LogP contribution in [0, 0.1) is 5.92 Å². The minimum absolute atomic E-state index is 0.655. The van der Waals surface area contributed by atoms with Crippen molar-refractivity contribution in [1.82, 2.24) is 10.3 Å². The average molecular weight is 263 g/mol. The molecular formula is C8H11BrN2OS. The smallest absolute Gasteiger partial charge is 0.274 e. The third-order valence-corrected chi connectivity index (χ3v) is 3.52. The van der Waals surface area contributed by atoms with E-state index >= 15 is 0 Å². The summed E-state index contributed by atoms with van der Waals surface area (Å²) in [5.41, 5.74) is 0. The third kappa shape index (κ3) is 2.65. The molecule has 5 heteroatoms. The second-order valence-corrected chi connectivity index (χ2v) is 4.74. The number of nitrogens with one attached hydrogen (secondary N) is 1. The van der Waals surface area contributed by atoms with Crippen molar-refractivity contribution < 1.29 is 4.74 Å². The molecule has 2 rings (SSSR count). The molecule has 0 amide bonds. The highest BCUT2D eigenvalue weighted by atomic mass is 79.9. The van der Waals surface area contributed by atoms with Gasteiger partial charge in [-0.25, -0.2) is 0 Å². The first-order valence-electron chi connectivity index (χ1n) is 4.29. The topological polar surface area (TPSA) is 34.1 Å². The number of thiazole rings is 1. The van der Waals surface area contributed by atoms with Gasteiger partial charge in [-0.3, -0.25) is 0 Å². The maximum Gasteiger partial charge on any atom is 0.274 e. The van der Waals surface area contributed by atoms with E-state index in [1.165, 1.54) is 17.8 Å². The Morgan fingerprint density at radius 1 is 1.77 bits per heavy atom. The van der Waals surface area contributed by atoms with Crippen molar-refractivity contribution in [2.75, 3.05) is 19.7 Å². The fourth-order valence-electron chi connectivity index (χ4n) is 1.35. The monoisotopic (exact) mass is 262 g/mol. The van der Waals surface area contributed by atoms with Gasteiger partial charge in [0.25, 0.3) is 5.19 Å². The van der Waals surface area contributed by atoms with Crippen molar-refractivity contribution in [2.24, 2.45) is 5.92 Å². The Hall–Kier alpha value is -0.130. The maximum atomic E-state index is 5.55. The lowest BCUT2D eigenvalue weighted by atomic mass is 10.1. The van der Waals surface area contributed by atoms with Crippen molar-refractivity contribution >= 4 is 27.3 Å². The van der Waals surface area contributed by atoms with Gasteiger partial charge in [0, 0.05) is 17.8 Å². The lowest BCUT2D eigenvalue weighted by molar-refractivity contribution is 0.258. The van der Waals surface area contributed by atoms with Crippen molar-refractivity contribution in [1.29, 1.82) is 0 Å². The Bertz CT molecular complexity index is 273. The van der Waals surface area contributed by atoms with Gasteiger partial charge in [-0.05, 0) is 28.9 Å². The molecule has 1 aliphatic heterocycles. The largest absolute Gasteiger partial charge is 0.470 e. The molecular weight excluding hydrogens is 252 g/mol. The Kier molecular flexibility index (Phi) is 3.18. The Labute approximate surface area is 89.6 Å². The minimum Gasteiger partial charge on any atom is -0.470 e. The van der Waals surface area contributed by atoms with E-state index in [2.05, 4.69) is 26.2 Å². The van der Waals surface area contributed by atoms with Crippen LogP contribution in [-0.4, -0.2) is 24.7 Å². The zero-order valence-corrected chi connectivity index (χ0v) is 9.53. The molecule has 0 aliphatic carbocycles. The van der Waals surface area contributed by atoms with E-state index in [9.17, 15) is 0 Å².